The summed E-state index contributed by atoms with van der Waals surface area (Å²) in [5.41, 5.74) is 0.796. The van der Waals surface area contributed by atoms with Gasteiger partial charge in [-0.25, -0.2) is 0 Å². The molecule has 0 aromatic heterocycles. The summed E-state index contributed by atoms with van der Waals surface area (Å²) in [7, 11) is 0. The minimum atomic E-state index is 0.402. The molecule has 1 unspecified atom stereocenters. The highest BCUT2D eigenvalue weighted by Gasteiger charge is 2.06. The first kappa shape index (κ1) is 13.2. The maximum Gasteiger partial charge on any atom is 0.00952 e. The molecule has 0 radical (unpaired) electrons. The first-order valence-corrected chi connectivity index (χ1v) is 5.53. The molecule has 0 amide bonds. The van der Waals surface area contributed by atoms with Gasteiger partial charge in [0.2, 0.25) is 0 Å². The smallest absolute Gasteiger partial charge is 0.00952 e. The molecule has 0 fully saturated rings. The van der Waals surface area contributed by atoms with Gasteiger partial charge in [-0.15, -0.1) is 0 Å². The molecule has 80 valence electrons. The zero-order chi connectivity index (χ0) is 10.8. The summed E-state index contributed by atoms with van der Waals surface area (Å²) >= 11 is 0. The monoisotopic (exact) mass is 193 g/mol. The maximum atomic E-state index is 7.64. The summed E-state index contributed by atoms with van der Waals surface area (Å²) in [4.78, 5) is 0. The van der Waals surface area contributed by atoms with Crippen LogP contribution in [0.1, 0.15) is 46.5 Å². The van der Waals surface area contributed by atoms with Crippen LogP contribution in [0.5, 0.6) is 0 Å². The van der Waals surface area contributed by atoms with Crippen molar-refractivity contribution in [3.05, 3.63) is 24.3 Å². The van der Waals surface area contributed by atoms with Crippen LogP contribution in [0.3, 0.4) is 0 Å². The normalized spacial score (nSPS) is 13.9. The molecule has 0 aromatic carbocycles. The number of rotatable bonds is 7. The van der Waals surface area contributed by atoms with Crippen molar-refractivity contribution in [3.63, 3.8) is 0 Å². The largest absolute Gasteiger partial charge is 0.310 e. The highest BCUT2D eigenvalue weighted by Crippen LogP contribution is 2.12. The molecule has 0 aliphatic rings. The fourth-order valence-corrected chi connectivity index (χ4v) is 1.30. The molecule has 0 saturated heterocycles. The Hall–Kier alpha value is -0.850. The first-order chi connectivity index (χ1) is 6.72. The molecule has 0 aliphatic heterocycles. The molecule has 1 N–H and O–H groups in total. The highest BCUT2D eigenvalue weighted by atomic mass is 14.4. The lowest BCUT2D eigenvalue weighted by atomic mass is 9.96. The predicted molar refractivity (Wildman–Crippen MR) is 65.0 cm³/mol. The SMILES string of the molecule is C/C=C/CC(C/C=C/CCC)C(C)=N. The Balaban J connectivity index is 3.90. The Morgan fingerprint density at radius 1 is 1.21 bits per heavy atom. The van der Waals surface area contributed by atoms with E-state index in [4.69, 9.17) is 5.41 Å². The summed E-state index contributed by atoms with van der Waals surface area (Å²) in [6, 6.07) is 0. The predicted octanol–water partition coefficient (Wildman–Crippen LogP) is 4.35. The third-order valence-corrected chi connectivity index (χ3v) is 2.31. The quantitative estimate of drug-likeness (QED) is 0.459. The van der Waals surface area contributed by atoms with Crippen molar-refractivity contribution in [2.45, 2.75) is 46.5 Å². The van der Waals surface area contributed by atoms with Gasteiger partial charge in [-0.05, 0) is 33.1 Å². The molecule has 0 heterocycles. The lowest BCUT2D eigenvalue weighted by Crippen LogP contribution is -2.07. The van der Waals surface area contributed by atoms with E-state index >= 15 is 0 Å². The van der Waals surface area contributed by atoms with Gasteiger partial charge in [0.15, 0.2) is 0 Å². The summed E-state index contributed by atoms with van der Waals surface area (Å²) in [6.07, 6.45) is 13.0. The van der Waals surface area contributed by atoms with Gasteiger partial charge in [-0.1, -0.05) is 37.6 Å². The fraction of sp³-hybridized carbons (Fsp3) is 0.615. The van der Waals surface area contributed by atoms with E-state index in [1.807, 2.05) is 13.8 Å². The Bertz CT molecular complexity index is 201. The van der Waals surface area contributed by atoms with E-state index in [2.05, 4.69) is 31.2 Å². The van der Waals surface area contributed by atoms with Gasteiger partial charge in [0.1, 0.15) is 0 Å². The van der Waals surface area contributed by atoms with Gasteiger partial charge in [0, 0.05) is 11.6 Å². The topological polar surface area (TPSA) is 23.9 Å². The standard InChI is InChI=1S/C13H23N/c1-4-6-8-9-11-13(12(3)14)10-7-5-2/h5,7-9,13-14H,4,6,10-11H2,1-3H3/b7-5+,9-8+,14-12?. The van der Waals surface area contributed by atoms with Crippen LogP contribution in [0, 0.1) is 11.3 Å². The van der Waals surface area contributed by atoms with Crippen LogP contribution < -0.4 is 0 Å². The van der Waals surface area contributed by atoms with Gasteiger partial charge >= 0.3 is 0 Å². The Morgan fingerprint density at radius 2 is 1.86 bits per heavy atom. The summed E-state index contributed by atoms with van der Waals surface area (Å²) in [6.45, 7) is 6.12. The number of hydrogen-bond acceptors (Lipinski definition) is 1. The Morgan fingerprint density at radius 3 is 2.36 bits per heavy atom. The number of allylic oxidation sites excluding steroid dienone is 4. The van der Waals surface area contributed by atoms with Crippen molar-refractivity contribution in [1.29, 1.82) is 5.41 Å². The second kappa shape index (κ2) is 8.74. The highest BCUT2D eigenvalue weighted by molar-refractivity contribution is 5.81. The minimum absolute atomic E-state index is 0.402. The van der Waals surface area contributed by atoms with E-state index in [1.54, 1.807) is 0 Å². The van der Waals surface area contributed by atoms with Crippen molar-refractivity contribution in [2.75, 3.05) is 0 Å². The van der Waals surface area contributed by atoms with Crippen LogP contribution in [-0.2, 0) is 0 Å². The van der Waals surface area contributed by atoms with Gasteiger partial charge in [-0.2, -0.15) is 0 Å². The number of nitrogens with one attached hydrogen (secondary N) is 1. The molecular weight excluding hydrogens is 170 g/mol. The third-order valence-electron chi connectivity index (χ3n) is 2.31. The molecule has 1 heteroatoms. The molecule has 0 saturated carbocycles. The summed E-state index contributed by atoms with van der Waals surface area (Å²) in [5.74, 6) is 0.402. The van der Waals surface area contributed by atoms with Crippen molar-refractivity contribution in [1.82, 2.24) is 0 Å². The van der Waals surface area contributed by atoms with E-state index in [0.29, 0.717) is 5.92 Å². The molecule has 0 bridgehead atoms. The van der Waals surface area contributed by atoms with Gasteiger partial charge in [0.25, 0.3) is 0 Å². The zero-order valence-electron chi connectivity index (χ0n) is 9.72. The van der Waals surface area contributed by atoms with Crippen molar-refractivity contribution in [3.8, 4) is 0 Å². The molecule has 0 rings (SSSR count). The van der Waals surface area contributed by atoms with Crippen LogP contribution in [0.2, 0.25) is 0 Å². The summed E-state index contributed by atoms with van der Waals surface area (Å²) in [5, 5.41) is 7.64. The third kappa shape index (κ3) is 6.64. The second-order valence-corrected chi connectivity index (χ2v) is 3.68. The van der Waals surface area contributed by atoms with E-state index < -0.39 is 0 Å². The molecule has 1 atom stereocenters. The molecule has 1 nitrogen and oxygen atoms in total. The van der Waals surface area contributed by atoms with E-state index in [-0.39, 0.29) is 0 Å². The van der Waals surface area contributed by atoms with Crippen LogP contribution in [0.4, 0.5) is 0 Å². The van der Waals surface area contributed by atoms with Crippen molar-refractivity contribution in [2.24, 2.45) is 5.92 Å². The van der Waals surface area contributed by atoms with E-state index in [1.165, 1.54) is 6.42 Å². The van der Waals surface area contributed by atoms with Crippen molar-refractivity contribution < 1.29 is 0 Å². The lowest BCUT2D eigenvalue weighted by Gasteiger charge is -2.10. The molecule has 0 aromatic rings. The zero-order valence-corrected chi connectivity index (χ0v) is 9.72. The van der Waals surface area contributed by atoms with Crippen LogP contribution in [-0.4, -0.2) is 5.71 Å². The molecule has 0 aliphatic carbocycles. The summed E-state index contributed by atoms with van der Waals surface area (Å²) < 4.78 is 0. The van der Waals surface area contributed by atoms with Crippen LogP contribution >= 0.6 is 0 Å². The number of unbranched alkanes of at least 4 members (excludes halogenated alkanes) is 1. The van der Waals surface area contributed by atoms with Gasteiger partial charge in [0.05, 0.1) is 0 Å². The Labute approximate surface area is 88.4 Å². The lowest BCUT2D eigenvalue weighted by molar-refractivity contribution is 0.706. The average molecular weight is 193 g/mol. The van der Waals surface area contributed by atoms with Crippen LogP contribution in [0.15, 0.2) is 24.3 Å². The van der Waals surface area contributed by atoms with Crippen molar-refractivity contribution >= 4 is 5.71 Å². The molecule has 0 spiro atoms. The minimum Gasteiger partial charge on any atom is -0.310 e. The fourth-order valence-electron chi connectivity index (χ4n) is 1.30. The first-order valence-electron chi connectivity index (χ1n) is 5.53. The van der Waals surface area contributed by atoms with E-state index in [9.17, 15) is 0 Å². The number of hydrogen-bond donors (Lipinski definition) is 1. The Kier molecular flexibility index (Phi) is 8.20. The molecular formula is C13H23N. The maximum absolute atomic E-state index is 7.64. The van der Waals surface area contributed by atoms with Gasteiger partial charge < -0.3 is 5.41 Å². The average Bonchev–Trinajstić information content (AvgIpc) is 2.16. The van der Waals surface area contributed by atoms with Gasteiger partial charge in [-0.3, -0.25) is 0 Å². The second-order valence-electron chi connectivity index (χ2n) is 3.68. The molecule has 14 heavy (non-hydrogen) atoms. The van der Waals surface area contributed by atoms with E-state index in [0.717, 1.165) is 25.0 Å². The van der Waals surface area contributed by atoms with Crippen LogP contribution in [0.25, 0.3) is 0 Å².